The summed E-state index contributed by atoms with van der Waals surface area (Å²) in [6.07, 6.45) is 2.03. The van der Waals surface area contributed by atoms with Gasteiger partial charge in [0.2, 0.25) is 0 Å². The Morgan fingerprint density at radius 1 is 1.16 bits per heavy atom. The van der Waals surface area contributed by atoms with Crippen LogP contribution in [0.5, 0.6) is 5.75 Å². The molecule has 2 aromatic carbocycles. The zero-order chi connectivity index (χ0) is 17.9. The first-order chi connectivity index (χ1) is 12.0. The van der Waals surface area contributed by atoms with Crippen LogP contribution in [0.2, 0.25) is 0 Å². The molecule has 25 heavy (non-hydrogen) atoms. The maximum Gasteiger partial charge on any atom is 0.387 e. The molecule has 0 atom stereocenters. The van der Waals surface area contributed by atoms with Gasteiger partial charge in [0.25, 0.3) is 0 Å². The number of para-hydroxylation sites is 1. The zero-order valence-corrected chi connectivity index (χ0v) is 13.9. The molecule has 0 heterocycles. The molecule has 0 saturated heterocycles. The first-order valence-electron chi connectivity index (χ1n) is 8.15. The van der Waals surface area contributed by atoms with Crippen molar-refractivity contribution in [2.45, 2.75) is 31.8 Å². The van der Waals surface area contributed by atoms with Crippen LogP contribution in [0, 0.1) is 6.92 Å². The Morgan fingerprint density at radius 3 is 2.52 bits per heavy atom. The molecular weight excluding hydrogens is 326 g/mol. The van der Waals surface area contributed by atoms with E-state index < -0.39 is 12.6 Å². The average Bonchev–Trinajstić information content (AvgIpc) is 3.38. The molecule has 0 radical (unpaired) electrons. The maximum absolute atomic E-state index is 12.5. The van der Waals surface area contributed by atoms with Gasteiger partial charge in [0.1, 0.15) is 5.75 Å². The second kappa shape index (κ2) is 7.09. The Morgan fingerprint density at radius 2 is 1.88 bits per heavy atom. The summed E-state index contributed by atoms with van der Waals surface area (Å²) in [5.41, 5.74) is 2.09. The fraction of sp³-hybridized carbons (Fsp3) is 0.316. The van der Waals surface area contributed by atoms with Gasteiger partial charge < -0.3 is 15.4 Å². The van der Waals surface area contributed by atoms with Crippen LogP contribution >= 0.6 is 0 Å². The molecule has 2 amide bonds. The summed E-state index contributed by atoms with van der Waals surface area (Å²) in [7, 11) is 0. The molecule has 2 aromatic rings. The van der Waals surface area contributed by atoms with E-state index in [9.17, 15) is 13.6 Å². The zero-order valence-electron chi connectivity index (χ0n) is 13.9. The lowest BCUT2D eigenvalue weighted by molar-refractivity contribution is -0.0493. The lowest BCUT2D eigenvalue weighted by Crippen LogP contribution is -2.35. The molecule has 132 valence electrons. The number of halogens is 2. The fourth-order valence-corrected chi connectivity index (χ4v) is 2.91. The summed E-state index contributed by atoms with van der Waals surface area (Å²) in [6, 6.07) is 14.3. The minimum Gasteiger partial charge on any atom is -0.433 e. The number of amides is 2. The van der Waals surface area contributed by atoms with Gasteiger partial charge in [-0.25, -0.2) is 4.79 Å². The Labute approximate surface area is 145 Å². The molecule has 4 nitrogen and oxygen atoms in total. The number of alkyl halides is 2. The first kappa shape index (κ1) is 17.2. The number of benzene rings is 2. The number of rotatable bonds is 6. The number of urea groups is 1. The molecule has 1 fully saturated rings. The monoisotopic (exact) mass is 346 g/mol. The molecule has 0 bridgehead atoms. The number of nitrogens with one attached hydrogen (secondary N) is 2. The van der Waals surface area contributed by atoms with E-state index in [0.29, 0.717) is 12.1 Å². The summed E-state index contributed by atoms with van der Waals surface area (Å²) in [4.78, 5) is 12.2. The van der Waals surface area contributed by atoms with E-state index in [-0.39, 0.29) is 16.9 Å². The minimum atomic E-state index is -2.95. The van der Waals surface area contributed by atoms with Crippen LogP contribution in [0.4, 0.5) is 19.3 Å². The van der Waals surface area contributed by atoms with E-state index in [1.54, 1.807) is 19.1 Å². The van der Waals surface area contributed by atoms with E-state index in [0.717, 1.165) is 12.8 Å². The predicted octanol–water partition coefficient (Wildman–Crippen LogP) is 4.45. The van der Waals surface area contributed by atoms with E-state index >= 15 is 0 Å². The summed E-state index contributed by atoms with van der Waals surface area (Å²) < 4.78 is 29.5. The molecule has 0 spiro atoms. The van der Waals surface area contributed by atoms with Crippen LogP contribution in [0.1, 0.15) is 24.0 Å². The number of aryl methyl sites for hydroxylation is 1. The summed E-state index contributed by atoms with van der Waals surface area (Å²) in [6.45, 7) is -0.724. The van der Waals surface area contributed by atoms with E-state index in [1.165, 1.54) is 11.6 Å². The Balaban J connectivity index is 1.64. The third-order valence-corrected chi connectivity index (χ3v) is 4.52. The van der Waals surface area contributed by atoms with Gasteiger partial charge in [-0.05, 0) is 37.0 Å². The number of anilines is 1. The molecule has 6 heteroatoms. The van der Waals surface area contributed by atoms with Crippen molar-refractivity contribution < 1.29 is 18.3 Å². The molecule has 1 saturated carbocycles. The number of hydrogen-bond donors (Lipinski definition) is 2. The summed E-state index contributed by atoms with van der Waals surface area (Å²) in [5.74, 6) is -0.0469. The first-order valence-corrected chi connectivity index (χ1v) is 8.15. The molecule has 1 aliphatic rings. The number of hydrogen-bond acceptors (Lipinski definition) is 2. The second-order valence-electron chi connectivity index (χ2n) is 6.28. The lowest BCUT2D eigenvalue weighted by atomic mass is 9.96. The molecule has 2 N–H and O–H groups in total. The van der Waals surface area contributed by atoms with Crippen molar-refractivity contribution in [1.82, 2.24) is 5.32 Å². The number of carbonyl (C=O) groups excluding carboxylic acids is 1. The Kier molecular flexibility index (Phi) is 4.88. The molecular formula is C19H20F2N2O2. The van der Waals surface area contributed by atoms with Crippen molar-refractivity contribution in [3.8, 4) is 5.75 Å². The minimum absolute atomic E-state index is 0.0212. The highest BCUT2D eigenvalue weighted by Gasteiger charge is 2.44. The largest absolute Gasteiger partial charge is 0.433 e. The summed E-state index contributed by atoms with van der Waals surface area (Å²) in [5, 5.41) is 5.47. The van der Waals surface area contributed by atoms with Gasteiger partial charge in [-0.2, -0.15) is 8.78 Å². The topological polar surface area (TPSA) is 50.4 Å². The van der Waals surface area contributed by atoms with E-state index in [4.69, 9.17) is 0 Å². The van der Waals surface area contributed by atoms with Crippen LogP contribution in [0.3, 0.4) is 0 Å². The summed E-state index contributed by atoms with van der Waals surface area (Å²) >= 11 is 0. The van der Waals surface area contributed by atoms with Crippen molar-refractivity contribution in [2.24, 2.45) is 0 Å². The van der Waals surface area contributed by atoms with Gasteiger partial charge in [-0.1, -0.05) is 42.5 Å². The Bertz CT molecular complexity index is 746. The standard InChI is InChI=1S/C19H20F2N2O2/c1-13-6-5-9-15(25-17(20)21)16(13)23-18(24)22-12-19(10-11-19)14-7-3-2-4-8-14/h2-9,17H,10-12H2,1H3,(H2,22,23,24). The van der Waals surface area contributed by atoms with Crippen LogP contribution in [0.25, 0.3) is 0 Å². The molecule has 1 aliphatic carbocycles. The van der Waals surface area contributed by atoms with Gasteiger partial charge in [0.15, 0.2) is 0 Å². The van der Waals surface area contributed by atoms with E-state index in [1.807, 2.05) is 18.2 Å². The smallest absolute Gasteiger partial charge is 0.387 e. The van der Waals surface area contributed by atoms with Gasteiger partial charge >= 0.3 is 12.6 Å². The van der Waals surface area contributed by atoms with Gasteiger partial charge in [0, 0.05) is 12.0 Å². The number of ether oxygens (including phenoxy) is 1. The fourth-order valence-electron chi connectivity index (χ4n) is 2.91. The van der Waals surface area contributed by atoms with Crippen LogP contribution in [-0.2, 0) is 5.41 Å². The van der Waals surface area contributed by atoms with Crippen molar-refractivity contribution in [3.63, 3.8) is 0 Å². The van der Waals surface area contributed by atoms with Crippen molar-refractivity contribution in [3.05, 3.63) is 59.7 Å². The molecule has 0 aromatic heterocycles. The normalized spacial score (nSPS) is 14.9. The second-order valence-corrected chi connectivity index (χ2v) is 6.28. The van der Waals surface area contributed by atoms with Crippen LogP contribution < -0.4 is 15.4 Å². The molecule has 3 rings (SSSR count). The van der Waals surface area contributed by atoms with Gasteiger partial charge in [-0.15, -0.1) is 0 Å². The number of carbonyl (C=O) groups is 1. The van der Waals surface area contributed by atoms with Crippen LogP contribution in [0.15, 0.2) is 48.5 Å². The van der Waals surface area contributed by atoms with Crippen molar-refractivity contribution >= 4 is 11.7 Å². The van der Waals surface area contributed by atoms with E-state index in [2.05, 4.69) is 27.5 Å². The van der Waals surface area contributed by atoms with Crippen molar-refractivity contribution in [1.29, 1.82) is 0 Å². The quantitative estimate of drug-likeness (QED) is 0.812. The third kappa shape index (κ3) is 4.07. The average molecular weight is 346 g/mol. The van der Waals surface area contributed by atoms with Gasteiger partial charge in [0.05, 0.1) is 5.69 Å². The highest BCUT2D eigenvalue weighted by molar-refractivity contribution is 5.92. The Hall–Kier alpha value is -2.63. The maximum atomic E-state index is 12.5. The van der Waals surface area contributed by atoms with Gasteiger partial charge in [-0.3, -0.25) is 0 Å². The van der Waals surface area contributed by atoms with Crippen LogP contribution in [-0.4, -0.2) is 19.2 Å². The molecule has 0 aliphatic heterocycles. The highest BCUT2D eigenvalue weighted by Crippen LogP contribution is 2.47. The molecule has 0 unspecified atom stereocenters. The highest BCUT2D eigenvalue weighted by atomic mass is 19.3. The predicted molar refractivity (Wildman–Crippen MR) is 92.2 cm³/mol. The third-order valence-electron chi connectivity index (χ3n) is 4.52. The SMILES string of the molecule is Cc1cccc(OC(F)F)c1NC(=O)NCC1(c2ccccc2)CC1. The lowest BCUT2D eigenvalue weighted by Gasteiger charge is -2.18. The van der Waals surface area contributed by atoms with Crippen molar-refractivity contribution in [2.75, 3.05) is 11.9 Å².